The average Bonchev–Trinajstić information content (AvgIpc) is 3.74. The van der Waals surface area contributed by atoms with E-state index in [1.165, 1.54) is 18.5 Å². The van der Waals surface area contributed by atoms with Crippen molar-refractivity contribution in [2.24, 2.45) is 17.8 Å². The van der Waals surface area contributed by atoms with E-state index in [0.29, 0.717) is 65.5 Å². The highest BCUT2D eigenvalue weighted by Gasteiger charge is 2.43. The Morgan fingerprint density at radius 3 is 2.30 bits per heavy atom. The van der Waals surface area contributed by atoms with Gasteiger partial charge in [-0.2, -0.15) is 0 Å². The second-order valence-electron chi connectivity index (χ2n) is 13.2. The number of rotatable bonds is 11. The van der Waals surface area contributed by atoms with Gasteiger partial charge in [0, 0.05) is 30.9 Å². The van der Waals surface area contributed by atoms with Gasteiger partial charge in [-0.3, -0.25) is 4.79 Å². The minimum absolute atomic E-state index is 0.0464. The molecule has 2 atom stereocenters. The molecule has 2 aliphatic rings. The van der Waals surface area contributed by atoms with Crippen molar-refractivity contribution in [2.75, 3.05) is 32.1 Å². The van der Waals surface area contributed by atoms with Crippen LogP contribution in [0.15, 0.2) is 97.3 Å². The molecule has 1 saturated heterocycles. The third kappa shape index (κ3) is 8.80. The van der Waals surface area contributed by atoms with Gasteiger partial charge >= 0.3 is 6.09 Å². The molecule has 2 fully saturated rings. The summed E-state index contributed by atoms with van der Waals surface area (Å²) >= 11 is 5.25. The van der Waals surface area contributed by atoms with Gasteiger partial charge in [0.25, 0.3) is 0 Å². The SMILES string of the molecule is COc1cc2c(Oc3ccc(NC(=S)NC(=O)Cc4ccccc4)cc3F)ncnc2cc1OCC1CC2CN(C(=O)OCc3ccccc3)CC2C1. The Kier molecular flexibility index (Phi) is 10.9. The molecule has 0 radical (unpaired) electrons. The molecule has 5 aromatic rings. The topological polar surface area (TPSA) is 124 Å². The third-order valence-electron chi connectivity index (χ3n) is 9.53. The fraction of sp³-hybridized carbons (Fsp3) is 0.275. The Balaban J connectivity index is 0.928. The van der Waals surface area contributed by atoms with Gasteiger partial charge in [0.15, 0.2) is 28.2 Å². The Morgan fingerprint density at radius 1 is 0.887 bits per heavy atom. The van der Waals surface area contributed by atoms with E-state index in [2.05, 4.69) is 20.6 Å². The number of halogens is 1. The van der Waals surface area contributed by atoms with E-state index in [1.54, 1.807) is 25.3 Å². The van der Waals surface area contributed by atoms with Gasteiger partial charge in [0.1, 0.15) is 12.9 Å². The summed E-state index contributed by atoms with van der Waals surface area (Å²) in [6.45, 7) is 2.14. The molecule has 0 bridgehead atoms. The van der Waals surface area contributed by atoms with Gasteiger partial charge in [-0.25, -0.2) is 19.2 Å². The highest BCUT2D eigenvalue weighted by molar-refractivity contribution is 7.80. The van der Waals surface area contributed by atoms with Crippen LogP contribution in [0.2, 0.25) is 0 Å². The molecular weight excluding hydrogens is 698 g/mol. The van der Waals surface area contributed by atoms with Crippen LogP contribution in [0.3, 0.4) is 0 Å². The van der Waals surface area contributed by atoms with Crippen LogP contribution < -0.4 is 24.8 Å². The molecule has 1 aliphatic heterocycles. The molecule has 7 rings (SSSR count). The number of nitrogens with one attached hydrogen (secondary N) is 2. The van der Waals surface area contributed by atoms with E-state index in [9.17, 15) is 9.59 Å². The fourth-order valence-electron chi connectivity index (χ4n) is 7.00. The van der Waals surface area contributed by atoms with Crippen molar-refractivity contribution < 1.29 is 32.9 Å². The van der Waals surface area contributed by atoms with Crippen LogP contribution in [0, 0.1) is 23.6 Å². The molecule has 2 amide bonds. The molecule has 2 N–H and O–H groups in total. The first-order chi connectivity index (χ1) is 25.8. The molecule has 53 heavy (non-hydrogen) atoms. The number of ether oxygens (including phenoxy) is 4. The Labute approximate surface area is 311 Å². The fourth-order valence-corrected chi connectivity index (χ4v) is 7.23. The lowest BCUT2D eigenvalue weighted by Crippen LogP contribution is -2.35. The summed E-state index contributed by atoms with van der Waals surface area (Å²) in [5, 5.41) is 5.99. The third-order valence-corrected chi connectivity index (χ3v) is 9.73. The minimum atomic E-state index is -0.666. The summed E-state index contributed by atoms with van der Waals surface area (Å²) in [7, 11) is 1.55. The average molecular weight is 736 g/mol. The lowest BCUT2D eigenvalue weighted by Gasteiger charge is -2.20. The number of hydrogen-bond donors (Lipinski definition) is 2. The molecule has 2 heterocycles. The van der Waals surface area contributed by atoms with Crippen LogP contribution in [0.25, 0.3) is 10.9 Å². The summed E-state index contributed by atoms with van der Waals surface area (Å²) < 4.78 is 38.6. The van der Waals surface area contributed by atoms with Crippen molar-refractivity contribution in [1.29, 1.82) is 0 Å². The number of nitrogens with zero attached hydrogens (tertiary/aromatic N) is 3. The van der Waals surface area contributed by atoms with Gasteiger partial charge in [0.05, 0.1) is 31.0 Å². The number of anilines is 1. The molecule has 272 valence electrons. The highest BCUT2D eigenvalue weighted by Crippen LogP contribution is 2.43. The number of amides is 2. The molecule has 1 saturated carbocycles. The predicted molar refractivity (Wildman–Crippen MR) is 200 cm³/mol. The molecule has 0 spiro atoms. The highest BCUT2D eigenvalue weighted by atomic mass is 32.1. The molecule has 2 unspecified atom stereocenters. The Morgan fingerprint density at radius 2 is 1.60 bits per heavy atom. The Hall–Kier alpha value is -5.82. The maximum Gasteiger partial charge on any atom is 0.410 e. The molecular formula is C40H38FN5O6S. The van der Waals surface area contributed by atoms with Crippen molar-refractivity contribution in [3.8, 4) is 23.1 Å². The van der Waals surface area contributed by atoms with Crippen molar-refractivity contribution in [2.45, 2.75) is 25.9 Å². The summed E-state index contributed by atoms with van der Waals surface area (Å²) in [5.74, 6) is 1.26. The first-order valence-corrected chi connectivity index (χ1v) is 17.8. The molecule has 1 aromatic heterocycles. The lowest BCUT2D eigenvalue weighted by molar-refractivity contribution is -0.119. The number of fused-ring (bicyclic) bond motifs is 2. The zero-order valence-electron chi connectivity index (χ0n) is 29.0. The van der Waals surface area contributed by atoms with Crippen LogP contribution in [0.1, 0.15) is 24.0 Å². The number of thiocarbonyl (C=S) groups is 1. The van der Waals surface area contributed by atoms with Crippen molar-refractivity contribution in [3.63, 3.8) is 0 Å². The number of aromatic nitrogens is 2. The van der Waals surface area contributed by atoms with E-state index in [1.807, 2.05) is 65.6 Å². The van der Waals surface area contributed by atoms with Crippen LogP contribution in [-0.4, -0.2) is 58.8 Å². The number of likely N-dealkylation sites (tertiary alicyclic amines) is 1. The van der Waals surface area contributed by atoms with Gasteiger partial charge < -0.3 is 34.5 Å². The number of carbonyl (C=O) groups excluding carboxylic acids is 2. The van der Waals surface area contributed by atoms with Gasteiger partial charge in [-0.05, 0) is 72.1 Å². The van der Waals surface area contributed by atoms with Crippen LogP contribution in [0.4, 0.5) is 14.9 Å². The second-order valence-corrected chi connectivity index (χ2v) is 13.6. The molecule has 13 heteroatoms. The largest absolute Gasteiger partial charge is 0.493 e. The van der Waals surface area contributed by atoms with E-state index >= 15 is 4.39 Å². The first kappa shape index (κ1) is 35.6. The van der Waals surface area contributed by atoms with Gasteiger partial charge in [-0.15, -0.1) is 0 Å². The summed E-state index contributed by atoms with van der Waals surface area (Å²) in [6, 6.07) is 26.7. The minimum Gasteiger partial charge on any atom is -0.493 e. The molecule has 11 nitrogen and oxygen atoms in total. The van der Waals surface area contributed by atoms with Crippen molar-refractivity contribution in [1.82, 2.24) is 20.2 Å². The van der Waals surface area contributed by atoms with Gasteiger partial charge in [-0.1, -0.05) is 60.7 Å². The maximum atomic E-state index is 15.2. The van der Waals surface area contributed by atoms with E-state index in [0.717, 1.165) is 24.0 Å². The number of methoxy groups -OCH3 is 1. The lowest BCUT2D eigenvalue weighted by atomic mass is 10.0. The van der Waals surface area contributed by atoms with Crippen LogP contribution >= 0.6 is 12.2 Å². The smallest absolute Gasteiger partial charge is 0.410 e. The summed E-state index contributed by atoms with van der Waals surface area (Å²) in [5.41, 5.74) is 2.68. The first-order valence-electron chi connectivity index (χ1n) is 17.3. The summed E-state index contributed by atoms with van der Waals surface area (Å²) in [4.78, 5) is 35.5. The van der Waals surface area contributed by atoms with Gasteiger partial charge in [0.2, 0.25) is 11.8 Å². The van der Waals surface area contributed by atoms with Crippen molar-refractivity contribution in [3.05, 3.63) is 114 Å². The maximum absolute atomic E-state index is 15.2. The van der Waals surface area contributed by atoms with Crippen LogP contribution in [-0.2, 0) is 22.6 Å². The molecule has 4 aromatic carbocycles. The normalized spacial score (nSPS) is 17.5. The number of benzene rings is 4. The predicted octanol–water partition coefficient (Wildman–Crippen LogP) is 7.30. The monoisotopic (exact) mass is 735 g/mol. The second kappa shape index (κ2) is 16.2. The quantitative estimate of drug-likeness (QED) is 0.134. The zero-order chi connectivity index (χ0) is 36.7. The Bertz CT molecular complexity index is 2090. The number of hydrogen-bond acceptors (Lipinski definition) is 9. The van der Waals surface area contributed by atoms with E-state index < -0.39 is 5.82 Å². The standard InChI is InChI=1S/C40H38FN5O6S/c1-49-35-18-31-33(19-36(35)50-23-27-14-28-20-46(21-29(28)15-27)40(48)51-22-26-10-6-3-7-11-26)42-24-43-38(31)52-34-13-12-30(17-32(34)41)44-39(53)45-37(47)16-25-8-4-2-5-9-25/h2-13,17-19,24,27-29H,14-16,20-23H2,1H3,(H2,44,45,47,53). The molecule has 1 aliphatic carbocycles. The zero-order valence-corrected chi connectivity index (χ0v) is 29.8. The van der Waals surface area contributed by atoms with Crippen LogP contribution in [0.5, 0.6) is 23.1 Å². The van der Waals surface area contributed by atoms with E-state index in [-0.39, 0.29) is 41.8 Å². The van der Waals surface area contributed by atoms with E-state index in [4.69, 9.17) is 31.2 Å². The van der Waals surface area contributed by atoms with Crippen molar-refractivity contribution >= 4 is 45.9 Å². The number of carbonyl (C=O) groups is 2. The summed E-state index contributed by atoms with van der Waals surface area (Å²) in [6.07, 6.45) is 3.15.